The summed E-state index contributed by atoms with van der Waals surface area (Å²) in [7, 11) is 0. The molecule has 1 heterocycles. The zero-order valence-electron chi connectivity index (χ0n) is 9.96. The fourth-order valence-corrected chi connectivity index (χ4v) is 2.33. The first kappa shape index (κ1) is 14.0. The normalized spacial score (nSPS) is 12.2. The molecule has 0 aliphatic rings. The van der Waals surface area contributed by atoms with E-state index in [1.165, 1.54) is 0 Å². The van der Waals surface area contributed by atoms with Crippen LogP contribution in [-0.2, 0) is 6.54 Å². The molecular formula is C14H12Cl2NO2+. The Balaban J connectivity index is 2.20. The predicted octanol–water partition coefficient (Wildman–Crippen LogP) is 2.83. The summed E-state index contributed by atoms with van der Waals surface area (Å²) in [5, 5.41) is 11.1. The molecule has 0 radical (unpaired) electrons. The maximum atomic E-state index is 10.7. The van der Waals surface area contributed by atoms with Gasteiger partial charge in [-0.05, 0) is 18.2 Å². The third kappa shape index (κ3) is 3.53. The minimum absolute atomic E-state index is 0.309. The van der Waals surface area contributed by atoms with Gasteiger partial charge in [-0.15, -0.1) is 0 Å². The van der Waals surface area contributed by atoms with Crippen molar-refractivity contribution < 1.29 is 14.5 Å². The molecule has 0 aliphatic heterocycles. The molecule has 1 N–H and O–H groups in total. The number of carbonyl (C=O) groups excluding carboxylic acids is 1. The number of nitrogens with zero attached hydrogens (tertiary/aromatic N) is 1. The number of pyridine rings is 1. The van der Waals surface area contributed by atoms with Gasteiger partial charge in [0.15, 0.2) is 25.2 Å². The quantitative estimate of drug-likeness (QED) is 0.696. The summed E-state index contributed by atoms with van der Waals surface area (Å²) in [6, 6.07) is 8.41. The highest BCUT2D eigenvalue weighted by Gasteiger charge is 2.16. The van der Waals surface area contributed by atoms with Gasteiger partial charge in [0.05, 0.1) is 5.56 Å². The van der Waals surface area contributed by atoms with E-state index in [9.17, 15) is 9.90 Å². The van der Waals surface area contributed by atoms with Crippen LogP contribution in [0.2, 0.25) is 10.0 Å². The van der Waals surface area contributed by atoms with Gasteiger partial charge in [0.1, 0.15) is 6.10 Å². The third-order valence-electron chi connectivity index (χ3n) is 2.72. The van der Waals surface area contributed by atoms with Crippen LogP contribution in [-0.4, -0.2) is 11.4 Å². The van der Waals surface area contributed by atoms with Crippen LogP contribution in [0.3, 0.4) is 0 Å². The maximum absolute atomic E-state index is 10.7. The van der Waals surface area contributed by atoms with Crippen LogP contribution >= 0.6 is 23.2 Å². The molecular weight excluding hydrogens is 285 g/mol. The van der Waals surface area contributed by atoms with Gasteiger partial charge in [-0.3, -0.25) is 4.79 Å². The fraction of sp³-hybridized carbons (Fsp3) is 0.143. The Hall–Kier alpha value is -1.42. The molecule has 0 bridgehead atoms. The van der Waals surface area contributed by atoms with Gasteiger partial charge in [0, 0.05) is 21.7 Å². The molecule has 0 amide bonds. The van der Waals surface area contributed by atoms with E-state index in [2.05, 4.69) is 0 Å². The average molecular weight is 297 g/mol. The maximum Gasteiger partial charge on any atom is 0.179 e. The van der Waals surface area contributed by atoms with Crippen LogP contribution in [0, 0.1) is 0 Å². The monoisotopic (exact) mass is 296 g/mol. The van der Waals surface area contributed by atoms with Crippen molar-refractivity contribution in [2.24, 2.45) is 0 Å². The number of benzene rings is 1. The number of halogens is 2. The van der Waals surface area contributed by atoms with Crippen LogP contribution < -0.4 is 4.57 Å². The Bertz CT molecular complexity index is 602. The van der Waals surface area contributed by atoms with Crippen molar-refractivity contribution in [3.8, 4) is 0 Å². The molecule has 19 heavy (non-hydrogen) atoms. The number of aromatic nitrogens is 1. The van der Waals surface area contributed by atoms with Crippen LogP contribution in [0.5, 0.6) is 0 Å². The van der Waals surface area contributed by atoms with E-state index in [0.29, 0.717) is 27.7 Å². The van der Waals surface area contributed by atoms with Crippen molar-refractivity contribution in [3.63, 3.8) is 0 Å². The van der Waals surface area contributed by atoms with Gasteiger partial charge in [-0.1, -0.05) is 29.3 Å². The van der Waals surface area contributed by atoms with Crippen molar-refractivity contribution in [1.29, 1.82) is 0 Å². The summed E-state index contributed by atoms with van der Waals surface area (Å²) < 4.78 is 1.74. The largest absolute Gasteiger partial charge is 0.382 e. The smallest absolute Gasteiger partial charge is 0.179 e. The molecule has 0 aliphatic carbocycles. The first-order chi connectivity index (χ1) is 9.10. The van der Waals surface area contributed by atoms with Crippen molar-refractivity contribution in [3.05, 3.63) is 63.9 Å². The summed E-state index contributed by atoms with van der Waals surface area (Å²) in [4.78, 5) is 10.7. The van der Waals surface area contributed by atoms with E-state index in [0.717, 1.165) is 6.29 Å². The number of rotatable bonds is 4. The summed E-state index contributed by atoms with van der Waals surface area (Å²) in [5.74, 6) is 0. The van der Waals surface area contributed by atoms with E-state index in [4.69, 9.17) is 23.2 Å². The third-order valence-corrected chi connectivity index (χ3v) is 3.28. The van der Waals surface area contributed by atoms with Crippen molar-refractivity contribution >= 4 is 29.5 Å². The standard InChI is InChI=1S/C14H12Cl2NO2/c15-11-3-4-12(13(16)6-11)14(19)8-17-5-1-2-10(7-17)9-18/h1-7,9,14,19H,8H2/q+1. The highest BCUT2D eigenvalue weighted by Crippen LogP contribution is 2.26. The number of hydrogen-bond donors (Lipinski definition) is 1. The van der Waals surface area contributed by atoms with E-state index in [-0.39, 0.29) is 0 Å². The van der Waals surface area contributed by atoms with Gasteiger partial charge in [-0.2, -0.15) is 0 Å². The lowest BCUT2D eigenvalue weighted by Gasteiger charge is -2.10. The number of aliphatic hydroxyl groups excluding tert-OH is 1. The molecule has 5 heteroatoms. The minimum Gasteiger partial charge on any atom is -0.382 e. The number of hydrogen-bond acceptors (Lipinski definition) is 2. The molecule has 0 saturated heterocycles. The van der Waals surface area contributed by atoms with Gasteiger partial charge in [0.2, 0.25) is 0 Å². The molecule has 0 saturated carbocycles. The Morgan fingerprint density at radius 3 is 2.79 bits per heavy atom. The second-order valence-corrected chi connectivity index (χ2v) is 4.98. The van der Waals surface area contributed by atoms with Crippen LogP contribution in [0.15, 0.2) is 42.7 Å². The molecule has 98 valence electrons. The lowest BCUT2D eigenvalue weighted by Crippen LogP contribution is -2.36. The van der Waals surface area contributed by atoms with Gasteiger partial charge in [-0.25, -0.2) is 4.57 Å². The molecule has 1 atom stereocenters. The molecule has 3 nitrogen and oxygen atoms in total. The first-order valence-electron chi connectivity index (χ1n) is 5.67. The molecule has 2 aromatic rings. The molecule has 1 unspecified atom stereocenters. The molecule has 0 fully saturated rings. The summed E-state index contributed by atoms with van der Waals surface area (Å²) in [6.45, 7) is 0.309. The van der Waals surface area contributed by atoms with E-state index in [1.54, 1.807) is 47.3 Å². The van der Waals surface area contributed by atoms with Crippen LogP contribution in [0.1, 0.15) is 22.0 Å². The van der Waals surface area contributed by atoms with Crippen molar-refractivity contribution in [2.45, 2.75) is 12.6 Å². The van der Waals surface area contributed by atoms with E-state index < -0.39 is 6.10 Å². The second kappa shape index (κ2) is 6.15. The number of carbonyl (C=O) groups is 1. The Labute approximate surface area is 121 Å². The van der Waals surface area contributed by atoms with Gasteiger partial charge < -0.3 is 5.11 Å². The average Bonchev–Trinajstić information content (AvgIpc) is 2.38. The molecule has 0 spiro atoms. The SMILES string of the molecule is O=Cc1ccc[n+](CC(O)c2ccc(Cl)cc2Cl)c1. The van der Waals surface area contributed by atoms with Crippen molar-refractivity contribution in [2.75, 3.05) is 0 Å². The Morgan fingerprint density at radius 1 is 1.32 bits per heavy atom. The Kier molecular flexibility index (Phi) is 4.53. The summed E-state index contributed by atoms with van der Waals surface area (Å²) in [6.07, 6.45) is 3.44. The lowest BCUT2D eigenvalue weighted by atomic mass is 10.1. The van der Waals surface area contributed by atoms with Crippen LogP contribution in [0.4, 0.5) is 0 Å². The summed E-state index contributed by atoms with van der Waals surface area (Å²) >= 11 is 11.9. The highest BCUT2D eigenvalue weighted by atomic mass is 35.5. The fourth-order valence-electron chi connectivity index (χ4n) is 1.80. The lowest BCUT2D eigenvalue weighted by molar-refractivity contribution is -0.704. The first-order valence-corrected chi connectivity index (χ1v) is 6.43. The number of aliphatic hydroxyl groups is 1. The van der Waals surface area contributed by atoms with Crippen molar-refractivity contribution in [1.82, 2.24) is 0 Å². The van der Waals surface area contributed by atoms with Gasteiger partial charge in [0.25, 0.3) is 0 Å². The topological polar surface area (TPSA) is 41.2 Å². The zero-order valence-corrected chi connectivity index (χ0v) is 11.5. The zero-order chi connectivity index (χ0) is 13.8. The minimum atomic E-state index is -0.767. The molecule has 1 aromatic heterocycles. The molecule has 1 aromatic carbocycles. The predicted molar refractivity (Wildman–Crippen MR) is 73.4 cm³/mol. The van der Waals surface area contributed by atoms with Crippen LogP contribution in [0.25, 0.3) is 0 Å². The van der Waals surface area contributed by atoms with Gasteiger partial charge >= 0.3 is 0 Å². The van der Waals surface area contributed by atoms with E-state index >= 15 is 0 Å². The molecule has 2 rings (SSSR count). The number of aldehydes is 1. The highest BCUT2D eigenvalue weighted by molar-refractivity contribution is 6.35. The van der Waals surface area contributed by atoms with E-state index in [1.807, 2.05) is 0 Å². The Morgan fingerprint density at radius 2 is 2.11 bits per heavy atom. The summed E-state index contributed by atoms with van der Waals surface area (Å²) in [5.41, 5.74) is 1.16. The second-order valence-electron chi connectivity index (χ2n) is 4.13.